The van der Waals surface area contributed by atoms with E-state index in [1.165, 1.54) is 41.6 Å². The van der Waals surface area contributed by atoms with Crippen LogP contribution in [-0.4, -0.2) is 19.6 Å². The van der Waals surface area contributed by atoms with E-state index in [2.05, 4.69) is 24.4 Å². The highest BCUT2D eigenvalue weighted by atomic mass is 32.2. The lowest BCUT2D eigenvalue weighted by Gasteiger charge is -2.16. The molecular formula is C18H22N2O3S2. The Kier molecular flexibility index (Phi) is 5.92. The van der Waals surface area contributed by atoms with Crippen molar-refractivity contribution in [2.45, 2.75) is 42.7 Å². The predicted octanol–water partition coefficient (Wildman–Crippen LogP) is 3.38. The first-order valence-electron chi connectivity index (χ1n) is 7.76. The van der Waals surface area contributed by atoms with Gasteiger partial charge in [-0.25, -0.2) is 13.6 Å². The van der Waals surface area contributed by atoms with Crippen LogP contribution in [0.4, 0.5) is 5.69 Å². The van der Waals surface area contributed by atoms with Gasteiger partial charge in [0.2, 0.25) is 15.9 Å². The third-order valence-electron chi connectivity index (χ3n) is 3.72. The van der Waals surface area contributed by atoms with Gasteiger partial charge in [0.25, 0.3) is 0 Å². The Bertz CT molecular complexity index is 868. The molecule has 0 aliphatic carbocycles. The first-order valence-corrected chi connectivity index (χ1v) is 10.2. The summed E-state index contributed by atoms with van der Waals surface area (Å²) in [5.41, 5.74) is 4.04. The molecule has 0 radical (unpaired) electrons. The third-order valence-corrected chi connectivity index (χ3v) is 6.10. The molecule has 0 saturated carbocycles. The molecule has 1 atom stereocenters. The molecule has 0 spiro atoms. The predicted molar refractivity (Wildman–Crippen MR) is 102 cm³/mol. The average molecular weight is 379 g/mol. The molecule has 1 amide bonds. The number of amides is 1. The lowest BCUT2D eigenvalue weighted by Crippen LogP contribution is -2.22. The Morgan fingerprint density at radius 1 is 1.08 bits per heavy atom. The molecule has 2 rings (SSSR count). The molecule has 0 bridgehead atoms. The van der Waals surface area contributed by atoms with E-state index in [0.717, 1.165) is 16.0 Å². The first-order chi connectivity index (χ1) is 11.6. The van der Waals surface area contributed by atoms with Crippen LogP contribution in [-0.2, 0) is 14.8 Å². The van der Waals surface area contributed by atoms with Crippen molar-refractivity contribution in [3.63, 3.8) is 0 Å². The van der Waals surface area contributed by atoms with Gasteiger partial charge < -0.3 is 5.32 Å². The molecule has 5 nitrogen and oxygen atoms in total. The standard InChI is InChI=1S/C18H22N2O3S2/c1-11-9-12(2)17(13(3)10-11)24-14(4)18(21)20-15-5-7-16(8-6-15)25(19,22)23/h5-10,14H,1-4H3,(H,20,21)(H2,19,22,23)/t14-/m0/s1. The highest BCUT2D eigenvalue weighted by Gasteiger charge is 2.17. The van der Waals surface area contributed by atoms with Crippen molar-refractivity contribution in [1.29, 1.82) is 0 Å². The summed E-state index contributed by atoms with van der Waals surface area (Å²) in [7, 11) is -3.73. The Labute approximate surface area is 153 Å². The number of anilines is 1. The van der Waals surface area contributed by atoms with Gasteiger partial charge in [-0.3, -0.25) is 4.79 Å². The Morgan fingerprint density at radius 3 is 2.08 bits per heavy atom. The second-order valence-electron chi connectivity index (χ2n) is 6.05. The van der Waals surface area contributed by atoms with E-state index in [1.54, 1.807) is 0 Å². The summed E-state index contributed by atoms with van der Waals surface area (Å²) in [6.07, 6.45) is 0. The van der Waals surface area contributed by atoms with Crippen molar-refractivity contribution in [2.75, 3.05) is 5.32 Å². The van der Waals surface area contributed by atoms with E-state index in [1.807, 2.05) is 20.8 Å². The second kappa shape index (κ2) is 7.59. The van der Waals surface area contributed by atoms with Gasteiger partial charge >= 0.3 is 0 Å². The van der Waals surface area contributed by atoms with E-state index in [9.17, 15) is 13.2 Å². The van der Waals surface area contributed by atoms with Crippen LogP contribution in [0.5, 0.6) is 0 Å². The summed E-state index contributed by atoms with van der Waals surface area (Å²) in [4.78, 5) is 13.5. The smallest absolute Gasteiger partial charge is 0.238 e. The molecule has 2 aromatic carbocycles. The number of nitrogens with one attached hydrogen (secondary N) is 1. The Balaban J connectivity index is 2.08. The number of hydrogen-bond acceptors (Lipinski definition) is 4. The summed E-state index contributed by atoms with van der Waals surface area (Å²) in [6.45, 7) is 7.98. The Morgan fingerprint density at radius 2 is 1.60 bits per heavy atom. The van der Waals surface area contributed by atoms with E-state index >= 15 is 0 Å². The van der Waals surface area contributed by atoms with Crippen LogP contribution < -0.4 is 10.5 Å². The molecule has 25 heavy (non-hydrogen) atoms. The van der Waals surface area contributed by atoms with Gasteiger partial charge in [0.15, 0.2) is 0 Å². The van der Waals surface area contributed by atoms with E-state index < -0.39 is 10.0 Å². The molecular weight excluding hydrogens is 356 g/mol. The van der Waals surface area contributed by atoms with Crippen LogP contribution >= 0.6 is 11.8 Å². The number of carbonyl (C=O) groups is 1. The van der Waals surface area contributed by atoms with E-state index in [0.29, 0.717) is 5.69 Å². The molecule has 0 aliphatic rings. The normalized spacial score (nSPS) is 12.7. The van der Waals surface area contributed by atoms with Crippen LogP contribution in [0.1, 0.15) is 23.6 Å². The molecule has 0 saturated heterocycles. The average Bonchev–Trinajstić information content (AvgIpc) is 2.50. The van der Waals surface area contributed by atoms with Crippen molar-refractivity contribution in [1.82, 2.24) is 0 Å². The minimum Gasteiger partial charge on any atom is -0.325 e. The highest BCUT2D eigenvalue weighted by Crippen LogP contribution is 2.31. The number of rotatable bonds is 5. The lowest BCUT2D eigenvalue weighted by molar-refractivity contribution is -0.115. The molecule has 0 unspecified atom stereocenters. The number of hydrogen-bond donors (Lipinski definition) is 2. The van der Waals surface area contributed by atoms with Crippen molar-refractivity contribution < 1.29 is 13.2 Å². The van der Waals surface area contributed by atoms with Crippen molar-refractivity contribution in [3.05, 3.63) is 53.1 Å². The lowest BCUT2D eigenvalue weighted by atomic mass is 10.1. The Hall–Kier alpha value is -1.83. The first kappa shape index (κ1) is 19.5. The molecule has 3 N–H and O–H groups in total. The number of thioether (sulfide) groups is 1. The van der Waals surface area contributed by atoms with Crippen molar-refractivity contribution >= 4 is 33.4 Å². The van der Waals surface area contributed by atoms with E-state index in [-0.39, 0.29) is 16.1 Å². The van der Waals surface area contributed by atoms with Gasteiger partial charge in [0, 0.05) is 10.6 Å². The number of sulfonamides is 1. The summed E-state index contributed by atoms with van der Waals surface area (Å²) in [5, 5.41) is 7.56. The fourth-order valence-corrected chi connectivity index (χ4v) is 4.08. The number of benzene rings is 2. The molecule has 7 heteroatoms. The van der Waals surface area contributed by atoms with Gasteiger partial charge in [-0.1, -0.05) is 17.7 Å². The summed E-state index contributed by atoms with van der Waals surface area (Å²) in [6, 6.07) is 10.0. The minimum atomic E-state index is -3.73. The van der Waals surface area contributed by atoms with Crippen LogP contribution in [0.2, 0.25) is 0 Å². The largest absolute Gasteiger partial charge is 0.325 e. The zero-order valence-corrected chi connectivity index (χ0v) is 16.3. The quantitative estimate of drug-likeness (QED) is 0.781. The van der Waals surface area contributed by atoms with Gasteiger partial charge in [-0.2, -0.15) is 0 Å². The van der Waals surface area contributed by atoms with Gasteiger partial charge in [0.1, 0.15) is 0 Å². The molecule has 134 valence electrons. The maximum Gasteiger partial charge on any atom is 0.238 e. The summed E-state index contributed by atoms with van der Waals surface area (Å²) in [5.74, 6) is -0.146. The second-order valence-corrected chi connectivity index (χ2v) is 8.96. The maximum atomic E-state index is 12.4. The molecule has 0 fully saturated rings. The zero-order valence-electron chi connectivity index (χ0n) is 14.7. The molecule has 2 aromatic rings. The van der Waals surface area contributed by atoms with Crippen LogP contribution in [0.15, 0.2) is 46.2 Å². The van der Waals surface area contributed by atoms with Gasteiger partial charge in [-0.05, 0) is 63.1 Å². The third kappa shape index (κ3) is 5.07. The zero-order chi connectivity index (χ0) is 18.8. The topological polar surface area (TPSA) is 89.3 Å². The summed E-state index contributed by atoms with van der Waals surface area (Å²) < 4.78 is 22.5. The van der Waals surface area contributed by atoms with Crippen molar-refractivity contribution in [2.24, 2.45) is 5.14 Å². The molecule has 0 heterocycles. The summed E-state index contributed by atoms with van der Waals surface area (Å²) >= 11 is 1.51. The fourth-order valence-electron chi connectivity index (χ4n) is 2.55. The minimum absolute atomic E-state index is 0.0128. The monoisotopic (exact) mass is 378 g/mol. The van der Waals surface area contributed by atoms with Crippen molar-refractivity contribution in [3.8, 4) is 0 Å². The fraction of sp³-hybridized carbons (Fsp3) is 0.278. The van der Waals surface area contributed by atoms with Crippen LogP contribution in [0.3, 0.4) is 0 Å². The molecule has 0 aromatic heterocycles. The van der Waals surface area contributed by atoms with Crippen LogP contribution in [0, 0.1) is 20.8 Å². The van der Waals surface area contributed by atoms with Gasteiger partial charge in [-0.15, -0.1) is 11.8 Å². The SMILES string of the molecule is Cc1cc(C)c(S[C@@H](C)C(=O)Nc2ccc(S(N)(=O)=O)cc2)c(C)c1. The number of aryl methyl sites for hydroxylation is 3. The van der Waals surface area contributed by atoms with E-state index in [4.69, 9.17) is 5.14 Å². The van der Waals surface area contributed by atoms with Gasteiger partial charge in [0.05, 0.1) is 10.1 Å². The molecule has 0 aliphatic heterocycles. The highest BCUT2D eigenvalue weighted by molar-refractivity contribution is 8.00. The number of carbonyl (C=O) groups excluding carboxylic acids is 1. The van der Waals surface area contributed by atoms with Crippen LogP contribution in [0.25, 0.3) is 0 Å². The number of nitrogens with two attached hydrogens (primary N) is 1. The maximum absolute atomic E-state index is 12.4. The number of primary sulfonamides is 1.